The molecule has 1 aliphatic carbocycles. The number of hydrogen-bond acceptors (Lipinski definition) is 6. The molecule has 1 aromatic heterocycles. The van der Waals surface area contributed by atoms with Gasteiger partial charge in [0.15, 0.2) is 0 Å². The lowest BCUT2D eigenvalue weighted by Crippen LogP contribution is -2.50. The van der Waals surface area contributed by atoms with Gasteiger partial charge in [-0.2, -0.15) is 9.57 Å². The largest absolute Gasteiger partial charge is 0.315 e. The molecule has 2 aliphatic rings. The molecule has 2 aromatic rings. The number of hydrogen-bond donors (Lipinski definition) is 1. The summed E-state index contributed by atoms with van der Waals surface area (Å²) in [6, 6.07) is 8.35. The summed E-state index contributed by atoms with van der Waals surface area (Å²) in [6.45, 7) is 1.73. The monoisotopic (exact) mass is 464 g/mol. The van der Waals surface area contributed by atoms with Crippen LogP contribution in [-0.2, 0) is 27.7 Å². The number of carbonyl (C=O) groups is 1. The number of nitrogens with one attached hydrogen (secondary N) is 1. The zero-order valence-electron chi connectivity index (χ0n) is 16.2. The van der Waals surface area contributed by atoms with Crippen molar-refractivity contribution in [2.45, 2.75) is 24.2 Å². The van der Waals surface area contributed by atoms with Crippen LogP contribution in [0, 0.1) is 11.3 Å². The molecule has 0 unspecified atom stereocenters. The Morgan fingerprint density at radius 1 is 1.17 bits per heavy atom. The first-order valence-electron chi connectivity index (χ1n) is 9.71. The van der Waals surface area contributed by atoms with Crippen molar-refractivity contribution >= 4 is 43.9 Å². The minimum atomic E-state index is -3.57. The van der Waals surface area contributed by atoms with E-state index in [9.17, 15) is 18.5 Å². The van der Waals surface area contributed by atoms with E-state index in [1.807, 2.05) is 4.90 Å². The minimum Gasteiger partial charge on any atom is -0.315 e. The highest BCUT2D eigenvalue weighted by atomic mass is 35.5. The van der Waals surface area contributed by atoms with Crippen molar-refractivity contribution in [3.63, 3.8) is 0 Å². The molecular formula is C20H21ClN4O3S2. The molecule has 30 heavy (non-hydrogen) atoms. The van der Waals surface area contributed by atoms with Crippen LogP contribution in [0.2, 0.25) is 5.02 Å². The molecule has 10 heteroatoms. The number of carbonyl (C=O) groups excluding carboxylic acids is 1. The number of thiophene rings is 1. The van der Waals surface area contributed by atoms with Gasteiger partial charge in [0, 0.05) is 36.1 Å². The number of aryl methyl sites for hydroxylation is 1. The van der Waals surface area contributed by atoms with Gasteiger partial charge >= 0.3 is 0 Å². The van der Waals surface area contributed by atoms with Crippen LogP contribution in [0.5, 0.6) is 0 Å². The summed E-state index contributed by atoms with van der Waals surface area (Å²) >= 11 is 7.34. The Bertz CT molecular complexity index is 1100. The normalized spacial score (nSPS) is 17.5. The van der Waals surface area contributed by atoms with Gasteiger partial charge in [-0.15, -0.1) is 11.3 Å². The lowest BCUT2D eigenvalue weighted by molar-refractivity contribution is -0.117. The maximum Gasteiger partial charge on any atom is 0.243 e. The number of benzene rings is 1. The molecule has 0 bridgehead atoms. The molecule has 1 aliphatic heterocycles. The summed E-state index contributed by atoms with van der Waals surface area (Å²) in [7, 11) is -3.57. The van der Waals surface area contributed by atoms with Crippen LogP contribution in [0.15, 0.2) is 29.2 Å². The average molecular weight is 465 g/mol. The van der Waals surface area contributed by atoms with Gasteiger partial charge < -0.3 is 5.32 Å². The molecule has 0 radical (unpaired) electrons. The lowest BCUT2D eigenvalue weighted by atomic mass is 10.1. The van der Waals surface area contributed by atoms with E-state index in [0.29, 0.717) is 41.8 Å². The topological polar surface area (TPSA) is 93.5 Å². The molecule has 1 fully saturated rings. The van der Waals surface area contributed by atoms with Crippen LogP contribution < -0.4 is 5.32 Å². The fraction of sp³-hybridized carbons (Fsp3) is 0.400. The first-order chi connectivity index (χ1) is 14.4. The number of nitrogens with zero attached hydrogens (tertiary/aromatic N) is 3. The predicted molar refractivity (Wildman–Crippen MR) is 116 cm³/mol. The summed E-state index contributed by atoms with van der Waals surface area (Å²) < 4.78 is 27.0. The summed E-state index contributed by atoms with van der Waals surface area (Å²) in [5, 5.41) is 13.4. The molecular weight excluding hydrogens is 444 g/mol. The van der Waals surface area contributed by atoms with Crippen molar-refractivity contribution in [2.24, 2.45) is 0 Å². The summed E-state index contributed by atoms with van der Waals surface area (Å²) in [4.78, 5) is 15.8. The zero-order valence-corrected chi connectivity index (χ0v) is 18.6. The van der Waals surface area contributed by atoms with Gasteiger partial charge in [0.05, 0.1) is 17.0 Å². The molecule has 1 aromatic carbocycles. The van der Waals surface area contributed by atoms with Gasteiger partial charge in [-0.05, 0) is 49.1 Å². The fourth-order valence-corrected chi connectivity index (χ4v) is 6.67. The molecule has 158 valence electrons. The van der Waals surface area contributed by atoms with E-state index in [0.717, 1.165) is 24.8 Å². The van der Waals surface area contributed by atoms with E-state index in [-0.39, 0.29) is 17.3 Å². The minimum absolute atomic E-state index is 0.169. The highest BCUT2D eigenvalue weighted by molar-refractivity contribution is 7.89. The molecule has 0 spiro atoms. The molecule has 2 heterocycles. The van der Waals surface area contributed by atoms with Crippen molar-refractivity contribution in [3.05, 3.63) is 45.3 Å². The first-order valence-corrected chi connectivity index (χ1v) is 12.3. The Hall–Kier alpha value is -1.96. The second-order valence-corrected chi connectivity index (χ2v) is 10.8. The smallest absolute Gasteiger partial charge is 0.243 e. The number of piperazine rings is 1. The lowest BCUT2D eigenvalue weighted by Gasteiger charge is -2.33. The zero-order chi connectivity index (χ0) is 21.3. The molecule has 0 saturated carbocycles. The van der Waals surface area contributed by atoms with Gasteiger partial charge in [-0.3, -0.25) is 9.69 Å². The third-order valence-electron chi connectivity index (χ3n) is 5.44. The van der Waals surface area contributed by atoms with E-state index in [1.165, 1.54) is 32.7 Å². The van der Waals surface area contributed by atoms with E-state index >= 15 is 0 Å². The van der Waals surface area contributed by atoms with Crippen molar-refractivity contribution in [1.82, 2.24) is 9.21 Å². The number of nitriles is 1. The van der Waals surface area contributed by atoms with Gasteiger partial charge in [0.1, 0.15) is 11.1 Å². The molecule has 1 N–H and O–H groups in total. The first kappa shape index (κ1) is 21.3. The van der Waals surface area contributed by atoms with Crippen LogP contribution in [0.4, 0.5) is 5.00 Å². The molecule has 1 saturated heterocycles. The predicted octanol–water partition coefficient (Wildman–Crippen LogP) is 2.71. The number of halogens is 1. The van der Waals surface area contributed by atoms with Crippen molar-refractivity contribution in [1.29, 1.82) is 5.26 Å². The van der Waals surface area contributed by atoms with E-state index < -0.39 is 10.0 Å². The van der Waals surface area contributed by atoms with Crippen molar-refractivity contribution < 1.29 is 13.2 Å². The summed E-state index contributed by atoms with van der Waals surface area (Å²) in [6.07, 6.45) is 2.93. The molecule has 1 amide bonds. The second kappa shape index (κ2) is 8.65. The van der Waals surface area contributed by atoms with Crippen LogP contribution in [0.3, 0.4) is 0 Å². The maximum atomic E-state index is 12.8. The highest BCUT2D eigenvalue weighted by Gasteiger charge is 2.29. The second-order valence-electron chi connectivity index (χ2n) is 7.36. The number of amides is 1. The van der Waals surface area contributed by atoms with Crippen LogP contribution >= 0.6 is 22.9 Å². The average Bonchev–Trinajstić information content (AvgIpc) is 3.29. The number of sulfonamides is 1. The molecule has 7 nitrogen and oxygen atoms in total. The van der Waals surface area contributed by atoms with Crippen LogP contribution in [0.1, 0.15) is 22.4 Å². The Morgan fingerprint density at radius 2 is 1.87 bits per heavy atom. The van der Waals surface area contributed by atoms with Crippen molar-refractivity contribution in [3.8, 4) is 6.07 Å². The molecule has 4 rings (SSSR count). The third kappa shape index (κ3) is 4.24. The fourth-order valence-electron chi connectivity index (χ4n) is 3.86. The number of anilines is 1. The Labute approximate surface area is 184 Å². The van der Waals surface area contributed by atoms with Gasteiger partial charge in [0.25, 0.3) is 0 Å². The summed E-state index contributed by atoms with van der Waals surface area (Å²) in [5.41, 5.74) is 1.68. The van der Waals surface area contributed by atoms with Gasteiger partial charge in [-0.25, -0.2) is 8.42 Å². The van der Waals surface area contributed by atoms with Crippen LogP contribution in [0.25, 0.3) is 0 Å². The number of rotatable bonds is 5. The van der Waals surface area contributed by atoms with Crippen LogP contribution in [-0.4, -0.2) is 56.3 Å². The number of fused-ring (bicyclic) bond motifs is 1. The van der Waals surface area contributed by atoms with E-state index in [2.05, 4.69) is 11.4 Å². The Morgan fingerprint density at radius 3 is 2.53 bits per heavy atom. The molecule has 0 atom stereocenters. The standard InChI is InChI=1S/C20H21ClN4O3S2/c21-14-4-6-15(7-5-14)30(27,28)25-10-8-24(9-11-25)13-19(26)23-20-17(12-22)16-2-1-3-18(16)29-20/h4-7H,1-3,8-11,13H2,(H,23,26). The van der Waals surface area contributed by atoms with Gasteiger partial charge in [0.2, 0.25) is 15.9 Å². The van der Waals surface area contributed by atoms with Gasteiger partial charge in [-0.1, -0.05) is 11.6 Å². The highest BCUT2D eigenvalue weighted by Crippen LogP contribution is 2.38. The SMILES string of the molecule is N#Cc1c(NC(=O)CN2CCN(S(=O)(=O)c3ccc(Cl)cc3)CC2)sc2c1CCC2. The quantitative estimate of drug-likeness (QED) is 0.734. The summed E-state index contributed by atoms with van der Waals surface area (Å²) in [5.74, 6) is -0.180. The Balaban J connectivity index is 1.33. The van der Waals surface area contributed by atoms with E-state index in [1.54, 1.807) is 12.1 Å². The Kier molecular flexibility index (Phi) is 6.14. The maximum absolute atomic E-state index is 12.8. The van der Waals surface area contributed by atoms with E-state index in [4.69, 9.17) is 11.6 Å². The van der Waals surface area contributed by atoms with Crippen molar-refractivity contribution in [2.75, 3.05) is 38.0 Å². The third-order valence-corrected chi connectivity index (χ3v) is 8.81.